The van der Waals surface area contributed by atoms with Crippen molar-refractivity contribution in [3.63, 3.8) is 0 Å². The Kier molecular flexibility index (Phi) is 4.27. The molecule has 104 valence electrons. The van der Waals surface area contributed by atoms with Crippen molar-refractivity contribution in [3.05, 3.63) is 23.8 Å². The maximum Gasteiger partial charge on any atom is 0.257 e. The molecule has 0 aromatic heterocycles. The Bertz CT molecular complexity index is 455. The number of hydrogen-bond acceptors (Lipinski definition) is 4. The van der Waals surface area contributed by atoms with Crippen LogP contribution in [0.15, 0.2) is 18.2 Å². The highest BCUT2D eigenvalue weighted by Crippen LogP contribution is 2.24. The quantitative estimate of drug-likeness (QED) is 0.814. The van der Waals surface area contributed by atoms with Gasteiger partial charge in [-0.15, -0.1) is 0 Å². The van der Waals surface area contributed by atoms with E-state index in [4.69, 9.17) is 4.74 Å². The average Bonchev–Trinajstić information content (AvgIpc) is 2.42. The minimum absolute atomic E-state index is 0.0319. The number of rotatable bonds is 3. The Hall–Kier alpha value is -1.75. The molecule has 0 spiro atoms. The summed E-state index contributed by atoms with van der Waals surface area (Å²) in [5, 5.41) is 19.1. The maximum atomic E-state index is 12.2. The Morgan fingerprint density at radius 2 is 2.26 bits per heavy atom. The van der Waals surface area contributed by atoms with Crippen LogP contribution in [0, 0.1) is 5.92 Å². The molecule has 19 heavy (non-hydrogen) atoms. The van der Waals surface area contributed by atoms with Crippen molar-refractivity contribution in [2.24, 2.45) is 5.92 Å². The van der Waals surface area contributed by atoms with Gasteiger partial charge in [-0.05, 0) is 37.0 Å². The van der Waals surface area contributed by atoms with Crippen LogP contribution in [0.2, 0.25) is 0 Å². The van der Waals surface area contributed by atoms with Crippen LogP contribution in [-0.2, 0) is 4.74 Å². The fourth-order valence-corrected chi connectivity index (χ4v) is 2.32. The van der Waals surface area contributed by atoms with Crippen LogP contribution in [0.5, 0.6) is 11.5 Å². The Labute approximate surface area is 112 Å². The summed E-state index contributed by atoms with van der Waals surface area (Å²) in [6.45, 7) is 2.05. The van der Waals surface area contributed by atoms with Crippen LogP contribution in [0.3, 0.4) is 0 Å². The molecule has 1 unspecified atom stereocenters. The normalized spacial score (nSPS) is 19.1. The number of ether oxygens (including phenoxy) is 1. The van der Waals surface area contributed by atoms with Crippen molar-refractivity contribution in [3.8, 4) is 11.5 Å². The lowest BCUT2D eigenvalue weighted by Gasteiger charge is -2.27. The van der Waals surface area contributed by atoms with Gasteiger partial charge >= 0.3 is 0 Å². The summed E-state index contributed by atoms with van der Waals surface area (Å²) in [5.74, 6) is -0.105. The minimum atomic E-state index is -0.293. The monoisotopic (exact) mass is 265 g/mol. The number of benzene rings is 1. The molecule has 1 aromatic carbocycles. The first-order valence-electron chi connectivity index (χ1n) is 6.43. The second-order valence-electron chi connectivity index (χ2n) is 4.97. The molecule has 0 aliphatic carbocycles. The number of amides is 1. The van der Waals surface area contributed by atoms with Crippen molar-refractivity contribution >= 4 is 5.91 Å². The second kappa shape index (κ2) is 5.93. The van der Waals surface area contributed by atoms with Crippen LogP contribution in [0.25, 0.3) is 0 Å². The van der Waals surface area contributed by atoms with E-state index in [-0.39, 0.29) is 23.0 Å². The predicted molar refractivity (Wildman–Crippen MR) is 70.3 cm³/mol. The van der Waals surface area contributed by atoms with E-state index in [1.807, 2.05) is 0 Å². The van der Waals surface area contributed by atoms with E-state index >= 15 is 0 Å². The smallest absolute Gasteiger partial charge is 0.257 e. The van der Waals surface area contributed by atoms with Gasteiger partial charge in [-0.1, -0.05) is 0 Å². The lowest BCUT2D eigenvalue weighted by Crippen LogP contribution is -2.35. The molecular formula is C14H19NO4. The van der Waals surface area contributed by atoms with Gasteiger partial charge in [0.15, 0.2) is 0 Å². The van der Waals surface area contributed by atoms with E-state index < -0.39 is 0 Å². The van der Waals surface area contributed by atoms with E-state index in [2.05, 4.69) is 0 Å². The van der Waals surface area contributed by atoms with Gasteiger partial charge in [0.1, 0.15) is 11.5 Å². The van der Waals surface area contributed by atoms with Crippen molar-refractivity contribution in [2.75, 3.05) is 26.8 Å². The lowest BCUT2D eigenvalue weighted by atomic mass is 10.0. The third-order valence-corrected chi connectivity index (χ3v) is 3.34. The molecule has 1 fully saturated rings. The van der Waals surface area contributed by atoms with Gasteiger partial charge < -0.3 is 19.8 Å². The molecule has 5 nitrogen and oxygen atoms in total. The summed E-state index contributed by atoms with van der Waals surface area (Å²) in [7, 11) is 1.69. The van der Waals surface area contributed by atoms with Crippen LogP contribution in [0.4, 0.5) is 0 Å². The number of carbonyl (C=O) groups excluding carboxylic acids is 1. The van der Waals surface area contributed by atoms with Gasteiger partial charge in [-0.2, -0.15) is 0 Å². The van der Waals surface area contributed by atoms with E-state index in [0.29, 0.717) is 19.1 Å². The van der Waals surface area contributed by atoms with Gasteiger partial charge in [0, 0.05) is 20.2 Å². The topological polar surface area (TPSA) is 70.0 Å². The number of phenolic OH excluding ortho intramolecular Hbond substituents is 2. The molecule has 0 bridgehead atoms. The molecule has 1 aliphatic rings. The van der Waals surface area contributed by atoms with Crippen molar-refractivity contribution in [1.29, 1.82) is 0 Å². The fraction of sp³-hybridized carbons (Fsp3) is 0.500. The van der Waals surface area contributed by atoms with Crippen LogP contribution >= 0.6 is 0 Å². The third kappa shape index (κ3) is 3.38. The highest BCUT2D eigenvalue weighted by atomic mass is 16.5. The predicted octanol–water partition coefficient (Wildman–Crippen LogP) is 1.60. The summed E-state index contributed by atoms with van der Waals surface area (Å²) in [6, 6.07) is 3.95. The molecule has 1 aliphatic heterocycles. The Morgan fingerprint density at radius 1 is 1.47 bits per heavy atom. The molecule has 0 saturated carbocycles. The van der Waals surface area contributed by atoms with Gasteiger partial charge in [0.25, 0.3) is 5.91 Å². The van der Waals surface area contributed by atoms with E-state index in [0.717, 1.165) is 19.4 Å². The van der Waals surface area contributed by atoms with E-state index in [1.54, 1.807) is 11.9 Å². The van der Waals surface area contributed by atoms with Gasteiger partial charge in [0.2, 0.25) is 0 Å². The molecule has 2 rings (SSSR count). The number of nitrogens with zero attached hydrogens (tertiary/aromatic N) is 1. The zero-order chi connectivity index (χ0) is 13.8. The van der Waals surface area contributed by atoms with Crippen LogP contribution in [0.1, 0.15) is 23.2 Å². The molecule has 1 aromatic rings. The number of aromatic hydroxyl groups is 2. The zero-order valence-electron chi connectivity index (χ0n) is 11.0. The molecule has 2 N–H and O–H groups in total. The minimum Gasteiger partial charge on any atom is -0.508 e. The van der Waals surface area contributed by atoms with Crippen molar-refractivity contribution < 1.29 is 19.7 Å². The van der Waals surface area contributed by atoms with Crippen molar-refractivity contribution in [1.82, 2.24) is 4.90 Å². The molecule has 1 amide bonds. The summed E-state index contributed by atoms with van der Waals surface area (Å²) in [4.78, 5) is 13.8. The molecule has 1 atom stereocenters. The third-order valence-electron chi connectivity index (χ3n) is 3.34. The van der Waals surface area contributed by atoms with Crippen molar-refractivity contribution in [2.45, 2.75) is 12.8 Å². The average molecular weight is 265 g/mol. The fourth-order valence-electron chi connectivity index (χ4n) is 2.32. The Morgan fingerprint density at radius 3 is 2.95 bits per heavy atom. The number of hydrogen-bond donors (Lipinski definition) is 2. The molecule has 5 heteroatoms. The summed E-state index contributed by atoms with van der Waals surface area (Å²) in [6.07, 6.45) is 2.06. The van der Waals surface area contributed by atoms with Crippen LogP contribution in [-0.4, -0.2) is 47.8 Å². The summed E-state index contributed by atoms with van der Waals surface area (Å²) < 4.78 is 5.38. The maximum absolute atomic E-state index is 12.2. The number of carbonyl (C=O) groups is 1. The van der Waals surface area contributed by atoms with Gasteiger partial charge in [0.05, 0.1) is 12.2 Å². The molecule has 0 radical (unpaired) electrons. The lowest BCUT2D eigenvalue weighted by molar-refractivity contribution is 0.0387. The van der Waals surface area contributed by atoms with E-state index in [1.165, 1.54) is 18.2 Å². The molecular weight excluding hydrogens is 246 g/mol. The van der Waals surface area contributed by atoms with Gasteiger partial charge in [-0.25, -0.2) is 0 Å². The highest BCUT2D eigenvalue weighted by Gasteiger charge is 2.21. The van der Waals surface area contributed by atoms with E-state index in [9.17, 15) is 15.0 Å². The SMILES string of the molecule is CN(CC1CCCOC1)C(=O)c1cc(O)ccc1O. The zero-order valence-corrected chi connectivity index (χ0v) is 11.0. The standard InChI is InChI=1S/C14H19NO4/c1-15(8-10-3-2-6-19-9-10)14(18)12-7-11(16)4-5-13(12)17/h4-5,7,10,16-17H,2-3,6,8-9H2,1H3. The van der Waals surface area contributed by atoms with Gasteiger partial charge in [-0.3, -0.25) is 4.79 Å². The summed E-state index contributed by atoms with van der Waals surface area (Å²) >= 11 is 0. The first kappa shape index (κ1) is 13.7. The Balaban J connectivity index is 2.03. The highest BCUT2D eigenvalue weighted by molar-refractivity contribution is 5.97. The molecule has 1 heterocycles. The molecule has 1 saturated heterocycles. The first-order chi connectivity index (χ1) is 9.08. The summed E-state index contributed by atoms with van der Waals surface area (Å²) in [5.41, 5.74) is 0.124. The second-order valence-corrected chi connectivity index (χ2v) is 4.97. The van der Waals surface area contributed by atoms with Crippen LogP contribution < -0.4 is 0 Å². The number of phenols is 2. The first-order valence-corrected chi connectivity index (χ1v) is 6.43. The largest absolute Gasteiger partial charge is 0.508 e.